The van der Waals surface area contributed by atoms with Gasteiger partial charge in [-0.15, -0.1) is 0 Å². The van der Waals surface area contributed by atoms with E-state index in [0.717, 1.165) is 12.1 Å². The summed E-state index contributed by atoms with van der Waals surface area (Å²) in [6.45, 7) is -0.549. The number of nitrogens with two attached hydrogens (primary N) is 1. The lowest BCUT2D eigenvalue weighted by molar-refractivity contribution is -0.384. The Bertz CT molecular complexity index is 593. The first kappa shape index (κ1) is 15.1. The SMILES string of the molecule is N#Cc1cc([N+](=O)[O-])ccc1NC(=O)CNC(=O)CN. The molecule has 0 aromatic heterocycles. The van der Waals surface area contributed by atoms with Gasteiger partial charge in [0.25, 0.3) is 5.69 Å². The maximum atomic E-state index is 11.5. The number of non-ortho nitro benzene ring substituents is 1. The molecule has 0 aliphatic heterocycles. The van der Waals surface area contributed by atoms with E-state index in [1.807, 2.05) is 0 Å². The summed E-state index contributed by atoms with van der Waals surface area (Å²) < 4.78 is 0. The van der Waals surface area contributed by atoms with Gasteiger partial charge in [0.05, 0.1) is 29.3 Å². The van der Waals surface area contributed by atoms with E-state index in [1.165, 1.54) is 6.07 Å². The Hall–Kier alpha value is -2.99. The number of anilines is 1. The Morgan fingerprint density at radius 3 is 2.65 bits per heavy atom. The molecule has 20 heavy (non-hydrogen) atoms. The van der Waals surface area contributed by atoms with Crippen LogP contribution in [0.3, 0.4) is 0 Å². The molecule has 104 valence electrons. The van der Waals surface area contributed by atoms with E-state index >= 15 is 0 Å². The van der Waals surface area contributed by atoms with Crippen LogP contribution in [0, 0.1) is 21.4 Å². The zero-order valence-electron chi connectivity index (χ0n) is 10.3. The summed E-state index contributed by atoms with van der Waals surface area (Å²) in [5.41, 5.74) is 4.88. The van der Waals surface area contributed by atoms with Crippen molar-refractivity contribution in [1.29, 1.82) is 5.26 Å². The Morgan fingerprint density at radius 1 is 1.40 bits per heavy atom. The molecule has 0 aliphatic rings. The number of nitro benzene ring substituents is 1. The Balaban J connectivity index is 2.77. The van der Waals surface area contributed by atoms with Gasteiger partial charge in [-0.05, 0) is 6.07 Å². The number of carbonyl (C=O) groups excluding carboxylic acids is 2. The average molecular weight is 277 g/mol. The van der Waals surface area contributed by atoms with Gasteiger partial charge < -0.3 is 16.4 Å². The highest BCUT2D eigenvalue weighted by molar-refractivity contribution is 5.95. The molecule has 1 rings (SSSR count). The minimum atomic E-state index is -0.645. The molecule has 0 saturated carbocycles. The molecule has 4 N–H and O–H groups in total. The van der Waals surface area contributed by atoms with Gasteiger partial charge in [-0.3, -0.25) is 19.7 Å². The predicted molar refractivity (Wildman–Crippen MR) is 68.5 cm³/mol. The van der Waals surface area contributed by atoms with Gasteiger partial charge in [0.1, 0.15) is 6.07 Å². The molecule has 0 atom stereocenters. The smallest absolute Gasteiger partial charge is 0.270 e. The van der Waals surface area contributed by atoms with Crippen molar-refractivity contribution in [2.45, 2.75) is 0 Å². The number of amides is 2. The van der Waals surface area contributed by atoms with Crippen LogP contribution in [-0.2, 0) is 9.59 Å². The van der Waals surface area contributed by atoms with Crippen molar-refractivity contribution in [2.75, 3.05) is 18.4 Å². The third kappa shape index (κ3) is 4.04. The number of nitrogens with zero attached hydrogens (tertiary/aromatic N) is 2. The molecular weight excluding hydrogens is 266 g/mol. The first-order valence-electron chi connectivity index (χ1n) is 5.43. The maximum Gasteiger partial charge on any atom is 0.270 e. The van der Waals surface area contributed by atoms with Crippen molar-refractivity contribution < 1.29 is 14.5 Å². The number of nitriles is 1. The molecule has 0 spiro atoms. The molecule has 1 aromatic carbocycles. The summed E-state index contributed by atoms with van der Waals surface area (Å²) in [4.78, 5) is 32.3. The second-order valence-electron chi connectivity index (χ2n) is 3.63. The highest BCUT2D eigenvalue weighted by atomic mass is 16.6. The number of rotatable bonds is 5. The molecule has 0 radical (unpaired) electrons. The van der Waals surface area contributed by atoms with Crippen LogP contribution in [0.1, 0.15) is 5.56 Å². The van der Waals surface area contributed by atoms with Crippen LogP contribution in [0.15, 0.2) is 18.2 Å². The van der Waals surface area contributed by atoms with E-state index in [0.29, 0.717) is 0 Å². The van der Waals surface area contributed by atoms with Crippen LogP contribution in [-0.4, -0.2) is 29.8 Å². The Kier molecular flexibility index (Phi) is 5.13. The fourth-order valence-electron chi connectivity index (χ4n) is 1.29. The Labute approximate surface area is 113 Å². The van der Waals surface area contributed by atoms with Crippen molar-refractivity contribution in [3.63, 3.8) is 0 Å². The minimum Gasteiger partial charge on any atom is -0.346 e. The molecule has 0 bridgehead atoms. The quantitative estimate of drug-likeness (QED) is 0.486. The molecule has 9 nitrogen and oxygen atoms in total. The lowest BCUT2D eigenvalue weighted by Crippen LogP contribution is -2.36. The number of nitrogens with one attached hydrogen (secondary N) is 2. The van der Waals surface area contributed by atoms with E-state index in [2.05, 4.69) is 10.6 Å². The van der Waals surface area contributed by atoms with Crippen molar-refractivity contribution in [3.05, 3.63) is 33.9 Å². The third-order valence-corrected chi connectivity index (χ3v) is 2.24. The number of carbonyl (C=O) groups is 2. The summed E-state index contributed by atoms with van der Waals surface area (Å²) >= 11 is 0. The van der Waals surface area contributed by atoms with Crippen LogP contribution in [0.2, 0.25) is 0 Å². The second kappa shape index (κ2) is 6.81. The molecule has 9 heteroatoms. The average Bonchev–Trinajstić information content (AvgIpc) is 2.44. The highest BCUT2D eigenvalue weighted by Crippen LogP contribution is 2.21. The lowest BCUT2D eigenvalue weighted by atomic mass is 10.1. The van der Waals surface area contributed by atoms with E-state index < -0.39 is 16.7 Å². The molecule has 0 unspecified atom stereocenters. The summed E-state index contributed by atoms with van der Waals surface area (Å²) in [6.07, 6.45) is 0. The third-order valence-electron chi connectivity index (χ3n) is 2.24. The van der Waals surface area contributed by atoms with Gasteiger partial charge in [0.2, 0.25) is 11.8 Å². The summed E-state index contributed by atoms with van der Waals surface area (Å²) in [5, 5.41) is 24.1. The van der Waals surface area contributed by atoms with Gasteiger partial charge in [-0.2, -0.15) is 5.26 Å². The van der Waals surface area contributed by atoms with Gasteiger partial charge in [-0.25, -0.2) is 0 Å². The van der Waals surface area contributed by atoms with Crippen LogP contribution < -0.4 is 16.4 Å². The van der Waals surface area contributed by atoms with Crippen LogP contribution in [0.5, 0.6) is 0 Å². The largest absolute Gasteiger partial charge is 0.346 e. The van der Waals surface area contributed by atoms with E-state index in [-0.39, 0.29) is 30.0 Å². The first-order chi connectivity index (χ1) is 9.47. The highest BCUT2D eigenvalue weighted by Gasteiger charge is 2.12. The zero-order chi connectivity index (χ0) is 15.1. The fourth-order valence-corrected chi connectivity index (χ4v) is 1.29. The normalized spacial score (nSPS) is 9.40. The number of nitro groups is 1. The summed E-state index contributed by atoms with van der Waals surface area (Å²) in [7, 11) is 0. The maximum absolute atomic E-state index is 11.5. The van der Waals surface area contributed by atoms with Crippen LogP contribution in [0.25, 0.3) is 0 Å². The first-order valence-corrected chi connectivity index (χ1v) is 5.43. The lowest BCUT2D eigenvalue weighted by Gasteiger charge is -2.07. The van der Waals surface area contributed by atoms with E-state index in [4.69, 9.17) is 11.0 Å². The van der Waals surface area contributed by atoms with Crippen molar-refractivity contribution in [2.24, 2.45) is 5.73 Å². The summed E-state index contributed by atoms with van der Waals surface area (Å²) in [5.74, 6) is -1.07. The fraction of sp³-hybridized carbons (Fsp3) is 0.182. The number of benzene rings is 1. The molecule has 0 saturated heterocycles. The molecule has 0 fully saturated rings. The van der Waals surface area contributed by atoms with Crippen molar-refractivity contribution in [1.82, 2.24) is 5.32 Å². The van der Waals surface area contributed by atoms with Gasteiger partial charge in [-0.1, -0.05) is 0 Å². The molecule has 0 aliphatic carbocycles. The molecule has 1 aromatic rings. The van der Waals surface area contributed by atoms with Crippen LogP contribution >= 0.6 is 0 Å². The standard InChI is InChI=1S/C11H11N5O4/c12-4-7-3-8(16(19)20)1-2-9(7)15-11(18)6-14-10(17)5-13/h1-3H,5-6,13H2,(H,14,17)(H,15,18). The molecule has 2 amide bonds. The molecular formula is C11H11N5O4. The Morgan fingerprint density at radius 2 is 2.10 bits per heavy atom. The predicted octanol–water partition coefficient (Wildman–Crippen LogP) is -0.520. The number of hydrogen-bond acceptors (Lipinski definition) is 6. The topological polar surface area (TPSA) is 151 Å². The second-order valence-corrected chi connectivity index (χ2v) is 3.63. The van der Waals surface area contributed by atoms with Gasteiger partial charge >= 0.3 is 0 Å². The zero-order valence-corrected chi connectivity index (χ0v) is 10.3. The minimum absolute atomic E-state index is 0.0438. The van der Waals surface area contributed by atoms with Crippen LogP contribution in [0.4, 0.5) is 11.4 Å². The van der Waals surface area contributed by atoms with Gasteiger partial charge in [0.15, 0.2) is 0 Å². The van der Waals surface area contributed by atoms with E-state index in [9.17, 15) is 19.7 Å². The van der Waals surface area contributed by atoms with Crippen molar-refractivity contribution >= 4 is 23.2 Å². The van der Waals surface area contributed by atoms with Gasteiger partial charge in [0, 0.05) is 12.1 Å². The number of hydrogen-bond donors (Lipinski definition) is 3. The summed E-state index contributed by atoms with van der Waals surface area (Å²) in [6, 6.07) is 5.21. The van der Waals surface area contributed by atoms with E-state index in [1.54, 1.807) is 6.07 Å². The van der Waals surface area contributed by atoms with Crippen molar-refractivity contribution in [3.8, 4) is 6.07 Å². The molecule has 0 heterocycles. The monoisotopic (exact) mass is 277 g/mol.